The average molecular weight is 534 g/mol. The van der Waals surface area contributed by atoms with Crippen molar-refractivity contribution in [3.8, 4) is 5.75 Å². The van der Waals surface area contributed by atoms with Crippen molar-refractivity contribution in [3.05, 3.63) is 63.1 Å². The number of amides is 2. The van der Waals surface area contributed by atoms with E-state index < -0.39 is 28.5 Å². The third-order valence-corrected chi connectivity index (χ3v) is 7.08. The lowest BCUT2D eigenvalue weighted by atomic mass is 9.85. The number of ether oxygens (including phenoxy) is 3. The summed E-state index contributed by atoms with van der Waals surface area (Å²) in [4.78, 5) is 42.1. The van der Waals surface area contributed by atoms with Gasteiger partial charge in [-0.2, -0.15) is 0 Å². The van der Waals surface area contributed by atoms with Crippen LogP contribution in [0.4, 0.5) is 8.78 Å². The number of aromatic nitrogens is 1. The van der Waals surface area contributed by atoms with E-state index in [1.165, 1.54) is 12.3 Å². The number of hydrogen-bond acceptors (Lipinski definition) is 6. The standard InChI is InChI=1S/C27H33F2N3O6/c1-3-4-10-38-24-22-26(35)31(9-13-36-2)17-27(7-11-37-12-8-27)32(22)16-20(23(24)33)25(34)30-15-18-5-6-19(28)14-21(18)29/h5-6,14,16H,3-4,7-13,15,17H2,1-2H3,(H,30,34). The molecule has 0 unspecified atom stereocenters. The largest absolute Gasteiger partial charge is 0.487 e. The molecule has 1 saturated heterocycles. The molecule has 0 aliphatic carbocycles. The summed E-state index contributed by atoms with van der Waals surface area (Å²) in [7, 11) is 1.55. The number of carbonyl (C=O) groups excluding carboxylic acids is 2. The molecule has 0 atom stereocenters. The molecule has 2 amide bonds. The minimum Gasteiger partial charge on any atom is -0.487 e. The topological polar surface area (TPSA) is 99.1 Å². The Morgan fingerprint density at radius 3 is 2.63 bits per heavy atom. The third-order valence-electron chi connectivity index (χ3n) is 7.08. The first kappa shape index (κ1) is 27.7. The summed E-state index contributed by atoms with van der Waals surface area (Å²) >= 11 is 0. The first-order chi connectivity index (χ1) is 18.3. The molecule has 206 valence electrons. The molecule has 2 aliphatic rings. The Labute approximate surface area is 219 Å². The molecule has 11 heteroatoms. The maximum atomic E-state index is 14.1. The summed E-state index contributed by atoms with van der Waals surface area (Å²) in [5, 5.41) is 2.55. The molecule has 0 radical (unpaired) electrons. The van der Waals surface area contributed by atoms with Crippen molar-refractivity contribution in [1.82, 2.24) is 14.8 Å². The highest BCUT2D eigenvalue weighted by molar-refractivity contribution is 5.99. The van der Waals surface area contributed by atoms with E-state index in [9.17, 15) is 23.2 Å². The van der Waals surface area contributed by atoms with Crippen LogP contribution >= 0.6 is 0 Å². The number of hydrogen-bond donors (Lipinski definition) is 1. The van der Waals surface area contributed by atoms with E-state index in [4.69, 9.17) is 14.2 Å². The Hall–Kier alpha value is -3.31. The SMILES string of the molecule is CCCCOc1c2n(cc(C(=O)NCc3ccc(F)cc3F)c1=O)C1(CCOCC1)CN(CCOC)C2=O. The maximum absolute atomic E-state index is 14.1. The van der Waals surface area contributed by atoms with Crippen molar-refractivity contribution in [1.29, 1.82) is 0 Å². The number of methoxy groups -OCH3 is 1. The van der Waals surface area contributed by atoms with Gasteiger partial charge in [0.05, 0.1) is 18.8 Å². The van der Waals surface area contributed by atoms with Crippen LogP contribution in [0, 0.1) is 11.6 Å². The molecule has 2 aromatic rings. The number of unbranched alkanes of at least 4 members (excludes halogenated alkanes) is 1. The van der Waals surface area contributed by atoms with Gasteiger partial charge in [-0.3, -0.25) is 14.4 Å². The lowest BCUT2D eigenvalue weighted by Crippen LogP contribution is -2.57. The Bertz CT molecular complexity index is 1240. The van der Waals surface area contributed by atoms with Gasteiger partial charge in [-0.15, -0.1) is 0 Å². The van der Waals surface area contributed by atoms with Crippen LogP contribution in [0.1, 0.15) is 59.0 Å². The second-order valence-corrected chi connectivity index (χ2v) is 9.60. The lowest BCUT2D eigenvalue weighted by molar-refractivity contribution is -0.0115. The highest BCUT2D eigenvalue weighted by Gasteiger charge is 2.46. The van der Waals surface area contributed by atoms with Gasteiger partial charge in [-0.25, -0.2) is 8.78 Å². The van der Waals surface area contributed by atoms with Crippen LogP contribution in [0.5, 0.6) is 5.75 Å². The maximum Gasteiger partial charge on any atom is 0.274 e. The van der Waals surface area contributed by atoms with Gasteiger partial charge in [0.15, 0.2) is 11.4 Å². The number of carbonyl (C=O) groups is 2. The fourth-order valence-corrected chi connectivity index (χ4v) is 4.90. The van der Waals surface area contributed by atoms with Crippen LogP contribution in [-0.2, 0) is 21.6 Å². The second kappa shape index (κ2) is 12.0. The van der Waals surface area contributed by atoms with Crippen molar-refractivity contribution in [2.45, 2.75) is 44.7 Å². The zero-order valence-electron chi connectivity index (χ0n) is 21.7. The van der Waals surface area contributed by atoms with Gasteiger partial charge in [0, 0.05) is 57.8 Å². The molecule has 0 bridgehead atoms. The lowest BCUT2D eigenvalue weighted by Gasteiger charge is -2.47. The molecule has 3 heterocycles. The van der Waals surface area contributed by atoms with E-state index in [-0.39, 0.29) is 41.6 Å². The van der Waals surface area contributed by atoms with E-state index in [0.717, 1.165) is 18.6 Å². The zero-order valence-corrected chi connectivity index (χ0v) is 21.7. The first-order valence-corrected chi connectivity index (χ1v) is 12.8. The van der Waals surface area contributed by atoms with Crippen LogP contribution < -0.4 is 15.5 Å². The van der Waals surface area contributed by atoms with Crippen molar-refractivity contribution in [2.24, 2.45) is 0 Å². The molecule has 0 saturated carbocycles. The number of pyridine rings is 1. The quantitative estimate of drug-likeness (QED) is 0.472. The van der Waals surface area contributed by atoms with Crippen LogP contribution in [0.15, 0.2) is 29.2 Å². The molecule has 1 N–H and O–H groups in total. The molecular formula is C27H33F2N3O6. The van der Waals surface area contributed by atoms with Crippen molar-refractivity contribution >= 4 is 11.8 Å². The highest BCUT2D eigenvalue weighted by atomic mass is 19.1. The fourth-order valence-electron chi connectivity index (χ4n) is 4.90. The predicted molar refractivity (Wildman–Crippen MR) is 134 cm³/mol. The minimum atomic E-state index is -0.807. The van der Waals surface area contributed by atoms with E-state index in [2.05, 4.69) is 5.32 Å². The number of nitrogens with one attached hydrogen (secondary N) is 1. The van der Waals surface area contributed by atoms with Crippen molar-refractivity contribution in [3.63, 3.8) is 0 Å². The minimum absolute atomic E-state index is 0.0714. The highest BCUT2D eigenvalue weighted by Crippen LogP contribution is 2.38. The molecular weight excluding hydrogens is 500 g/mol. The van der Waals surface area contributed by atoms with E-state index >= 15 is 0 Å². The van der Waals surface area contributed by atoms with Crippen LogP contribution in [-0.4, -0.2) is 67.9 Å². The van der Waals surface area contributed by atoms with Gasteiger partial charge < -0.3 is 29.0 Å². The molecule has 38 heavy (non-hydrogen) atoms. The monoisotopic (exact) mass is 533 g/mol. The number of benzene rings is 1. The van der Waals surface area contributed by atoms with Gasteiger partial charge >= 0.3 is 0 Å². The molecule has 1 aromatic carbocycles. The van der Waals surface area contributed by atoms with Gasteiger partial charge in [0.2, 0.25) is 5.43 Å². The fraction of sp³-hybridized carbons (Fsp3) is 0.519. The number of halogens is 2. The summed E-state index contributed by atoms with van der Waals surface area (Å²) in [6.45, 7) is 3.86. The molecule has 4 rings (SSSR count). The molecule has 2 aliphatic heterocycles. The third kappa shape index (κ3) is 5.58. The Kier molecular flexibility index (Phi) is 8.78. The summed E-state index contributed by atoms with van der Waals surface area (Å²) < 4.78 is 45.8. The summed E-state index contributed by atoms with van der Waals surface area (Å²) in [6.07, 6.45) is 4.01. The van der Waals surface area contributed by atoms with Crippen LogP contribution in [0.25, 0.3) is 0 Å². The summed E-state index contributed by atoms with van der Waals surface area (Å²) in [6, 6.07) is 3.05. The normalized spacial score (nSPS) is 16.4. The first-order valence-electron chi connectivity index (χ1n) is 12.8. The number of rotatable bonds is 10. The van der Waals surface area contributed by atoms with Gasteiger partial charge in [-0.05, 0) is 25.3 Å². The molecule has 1 aromatic heterocycles. The molecule has 1 spiro atoms. The Morgan fingerprint density at radius 2 is 1.95 bits per heavy atom. The predicted octanol–water partition coefficient (Wildman–Crippen LogP) is 2.84. The number of nitrogens with zero attached hydrogens (tertiary/aromatic N) is 2. The van der Waals surface area contributed by atoms with E-state index in [1.54, 1.807) is 16.6 Å². The zero-order chi connectivity index (χ0) is 27.3. The van der Waals surface area contributed by atoms with Crippen molar-refractivity contribution < 1.29 is 32.6 Å². The van der Waals surface area contributed by atoms with Crippen LogP contribution in [0.3, 0.4) is 0 Å². The summed E-state index contributed by atoms with van der Waals surface area (Å²) in [5.41, 5.74) is -1.36. The van der Waals surface area contributed by atoms with Gasteiger partial charge in [-0.1, -0.05) is 19.4 Å². The average Bonchev–Trinajstić information content (AvgIpc) is 2.90. The van der Waals surface area contributed by atoms with E-state index in [0.29, 0.717) is 52.2 Å². The Morgan fingerprint density at radius 1 is 1.18 bits per heavy atom. The van der Waals surface area contributed by atoms with Crippen molar-refractivity contribution in [2.75, 3.05) is 46.6 Å². The summed E-state index contributed by atoms with van der Waals surface area (Å²) in [5.74, 6) is -2.82. The van der Waals surface area contributed by atoms with E-state index in [1.807, 2.05) is 6.92 Å². The molecule has 9 nitrogen and oxygen atoms in total. The Balaban J connectivity index is 1.77. The van der Waals surface area contributed by atoms with Gasteiger partial charge in [0.25, 0.3) is 11.8 Å². The number of fused-ring (bicyclic) bond motifs is 2. The molecule has 1 fully saturated rings. The smallest absolute Gasteiger partial charge is 0.274 e. The second-order valence-electron chi connectivity index (χ2n) is 9.60. The van der Waals surface area contributed by atoms with Crippen LogP contribution in [0.2, 0.25) is 0 Å². The van der Waals surface area contributed by atoms with Gasteiger partial charge in [0.1, 0.15) is 17.2 Å².